The zero-order chi connectivity index (χ0) is 30.6. The molecular formula is C38H55O5P. The van der Waals surface area contributed by atoms with E-state index in [1.165, 1.54) is 49.7 Å². The molecule has 0 bridgehead atoms. The standard InChI is InChI=1S/C38H55O5P/c1-35-17-13-25(39)21-23(35)5-7-27-29-9-11-33(37(29,3)19-15-31(27)35)42-44(41)43-34-12-10-30-28-8-6-24-22-26(40)14-18-36(24,2)32(28)16-20-38(30,34)4/h21-22,27-34,44H,5-20H2,1-4H3/t27-,28-,29-,30-,31-,32-,33-,34-,35-,36-,37-,38-/m0/s1. The fourth-order valence-electron chi connectivity index (χ4n) is 13.7. The Hall–Kier alpha value is -1.03. The first-order valence-electron chi connectivity index (χ1n) is 18.3. The van der Waals surface area contributed by atoms with Crippen LogP contribution in [0.1, 0.15) is 130 Å². The Bertz CT molecular complexity index is 1240. The first-order valence-corrected chi connectivity index (χ1v) is 19.5. The monoisotopic (exact) mass is 622 g/mol. The highest BCUT2D eigenvalue weighted by Gasteiger charge is 2.61. The molecule has 242 valence electrons. The van der Waals surface area contributed by atoms with E-state index in [1.807, 2.05) is 12.2 Å². The zero-order valence-electron chi connectivity index (χ0n) is 27.6. The summed E-state index contributed by atoms with van der Waals surface area (Å²) in [5.74, 6) is 4.56. The Morgan fingerprint density at radius 3 is 1.43 bits per heavy atom. The Labute approximate surface area is 265 Å². The number of hydrogen-bond acceptors (Lipinski definition) is 5. The van der Waals surface area contributed by atoms with Crippen LogP contribution in [0.25, 0.3) is 0 Å². The van der Waals surface area contributed by atoms with Gasteiger partial charge in [0.25, 0.3) is 0 Å². The van der Waals surface area contributed by atoms with Crippen molar-refractivity contribution in [1.82, 2.24) is 0 Å². The summed E-state index contributed by atoms with van der Waals surface area (Å²) in [6, 6.07) is 0. The molecule has 8 aliphatic rings. The normalized spacial score (nSPS) is 51.4. The zero-order valence-corrected chi connectivity index (χ0v) is 28.6. The summed E-state index contributed by atoms with van der Waals surface area (Å²) < 4.78 is 26.8. The van der Waals surface area contributed by atoms with E-state index in [1.54, 1.807) is 0 Å². The van der Waals surface area contributed by atoms with E-state index >= 15 is 0 Å². The molecule has 0 heterocycles. The van der Waals surface area contributed by atoms with Crippen LogP contribution in [-0.4, -0.2) is 23.8 Å². The summed E-state index contributed by atoms with van der Waals surface area (Å²) in [7, 11) is -2.60. The van der Waals surface area contributed by atoms with E-state index < -0.39 is 8.25 Å². The van der Waals surface area contributed by atoms with Crippen molar-refractivity contribution in [3.05, 3.63) is 23.3 Å². The van der Waals surface area contributed by atoms with Crippen molar-refractivity contribution in [3.8, 4) is 0 Å². The molecule has 0 saturated heterocycles. The van der Waals surface area contributed by atoms with Crippen LogP contribution in [0.5, 0.6) is 0 Å². The average Bonchev–Trinajstić information content (AvgIpc) is 3.49. The summed E-state index contributed by atoms with van der Waals surface area (Å²) in [5.41, 5.74) is 3.35. The lowest BCUT2D eigenvalue weighted by atomic mass is 9.47. The molecule has 8 aliphatic carbocycles. The fraction of sp³-hybridized carbons (Fsp3) is 0.842. The van der Waals surface area contributed by atoms with E-state index in [-0.39, 0.29) is 33.9 Å². The van der Waals surface area contributed by atoms with Gasteiger partial charge in [0.05, 0.1) is 12.2 Å². The van der Waals surface area contributed by atoms with Crippen LogP contribution in [0.3, 0.4) is 0 Å². The summed E-state index contributed by atoms with van der Waals surface area (Å²) in [6.07, 6.45) is 21.0. The SMILES string of the molecule is C[C@]12CC[C@H]3[C@@H](CCC4=CC(=O)CC[C@@]43C)[C@@H]1CC[C@@H]2O[PH](=O)O[C@H]1CC[C@H]2[C@@H]3CCC4=CC(=O)CC[C@]4(C)[C@H]3CC[C@]12C. The van der Waals surface area contributed by atoms with Gasteiger partial charge in [-0.15, -0.1) is 0 Å². The number of carbonyl (C=O) groups excluding carboxylic acids is 2. The average molecular weight is 623 g/mol. The van der Waals surface area contributed by atoms with Crippen LogP contribution in [0.15, 0.2) is 23.3 Å². The molecule has 0 radical (unpaired) electrons. The molecule has 6 saturated carbocycles. The lowest BCUT2D eigenvalue weighted by Crippen LogP contribution is -2.51. The number of rotatable bonds is 4. The molecule has 0 aromatic heterocycles. The van der Waals surface area contributed by atoms with Crippen molar-refractivity contribution in [2.24, 2.45) is 57.2 Å². The molecule has 44 heavy (non-hydrogen) atoms. The minimum atomic E-state index is -2.60. The second kappa shape index (κ2) is 10.5. The molecule has 8 rings (SSSR count). The molecule has 0 unspecified atom stereocenters. The lowest BCUT2D eigenvalue weighted by Gasteiger charge is -2.58. The summed E-state index contributed by atoms with van der Waals surface area (Å²) in [4.78, 5) is 24.4. The number of hydrogen-bond donors (Lipinski definition) is 0. The van der Waals surface area contributed by atoms with Crippen molar-refractivity contribution in [2.45, 2.75) is 143 Å². The van der Waals surface area contributed by atoms with Crippen molar-refractivity contribution in [2.75, 3.05) is 0 Å². The molecule has 0 aliphatic heterocycles. The Balaban J connectivity index is 0.930. The smallest absolute Gasteiger partial charge is 0.307 e. The van der Waals surface area contributed by atoms with Crippen LogP contribution in [-0.2, 0) is 23.2 Å². The molecule has 0 aromatic carbocycles. The van der Waals surface area contributed by atoms with Crippen LogP contribution >= 0.6 is 8.25 Å². The number of allylic oxidation sites excluding steroid dienone is 2. The summed E-state index contributed by atoms with van der Waals surface area (Å²) >= 11 is 0. The van der Waals surface area contributed by atoms with Crippen molar-refractivity contribution < 1.29 is 23.2 Å². The predicted octanol–water partition coefficient (Wildman–Crippen LogP) is 9.21. The van der Waals surface area contributed by atoms with Gasteiger partial charge < -0.3 is 9.05 Å². The maximum atomic E-state index is 13.8. The van der Waals surface area contributed by atoms with Gasteiger partial charge in [0.2, 0.25) is 0 Å². The molecule has 0 N–H and O–H groups in total. The molecule has 0 spiro atoms. The van der Waals surface area contributed by atoms with Crippen molar-refractivity contribution in [1.29, 1.82) is 0 Å². The molecule has 0 amide bonds. The van der Waals surface area contributed by atoms with Crippen molar-refractivity contribution in [3.63, 3.8) is 0 Å². The van der Waals surface area contributed by atoms with Crippen LogP contribution in [0.2, 0.25) is 0 Å². The van der Waals surface area contributed by atoms with Gasteiger partial charge in [0.15, 0.2) is 11.6 Å². The van der Waals surface area contributed by atoms with Gasteiger partial charge in [-0.2, -0.15) is 0 Å². The third-order valence-corrected chi connectivity index (χ3v) is 17.2. The highest BCUT2D eigenvalue weighted by Crippen LogP contribution is 2.68. The fourth-order valence-corrected chi connectivity index (χ4v) is 15.0. The van der Waals surface area contributed by atoms with E-state index in [9.17, 15) is 14.2 Å². The highest BCUT2D eigenvalue weighted by molar-refractivity contribution is 7.33. The Kier molecular flexibility index (Phi) is 7.22. The minimum absolute atomic E-state index is 0.0239. The number of fused-ring (bicyclic) bond motifs is 10. The van der Waals surface area contributed by atoms with Gasteiger partial charge in [-0.05, 0) is 159 Å². The third kappa shape index (κ3) is 4.33. The molecule has 12 atom stereocenters. The van der Waals surface area contributed by atoms with Crippen LogP contribution in [0.4, 0.5) is 0 Å². The molecule has 5 nitrogen and oxygen atoms in total. The second-order valence-corrected chi connectivity index (χ2v) is 18.6. The van der Waals surface area contributed by atoms with Crippen LogP contribution < -0.4 is 0 Å². The topological polar surface area (TPSA) is 69.7 Å². The van der Waals surface area contributed by atoms with Gasteiger partial charge in [0.1, 0.15) is 0 Å². The largest absolute Gasteiger partial charge is 0.319 e. The summed E-state index contributed by atoms with van der Waals surface area (Å²) in [5, 5.41) is 0. The molecule has 0 aromatic rings. The first-order chi connectivity index (χ1) is 21.0. The van der Waals surface area contributed by atoms with Gasteiger partial charge >= 0.3 is 8.25 Å². The Morgan fingerprint density at radius 1 is 0.568 bits per heavy atom. The highest BCUT2D eigenvalue weighted by atomic mass is 31.1. The van der Waals surface area contributed by atoms with Crippen LogP contribution in [0, 0.1) is 57.2 Å². The molecule has 6 heteroatoms. The third-order valence-electron chi connectivity index (χ3n) is 16.2. The molecule has 6 fully saturated rings. The van der Waals surface area contributed by atoms with E-state index in [2.05, 4.69) is 27.7 Å². The number of carbonyl (C=O) groups is 2. The first kappa shape index (κ1) is 30.3. The van der Waals surface area contributed by atoms with E-state index in [0.29, 0.717) is 59.9 Å². The summed E-state index contributed by atoms with van der Waals surface area (Å²) in [6.45, 7) is 9.75. The predicted molar refractivity (Wildman–Crippen MR) is 172 cm³/mol. The van der Waals surface area contributed by atoms with Gasteiger partial charge in [-0.1, -0.05) is 38.8 Å². The van der Waals surface area contributed by atoms with Gasteiger partial charge in [-0.3, -0.25) is 14.2 Å². The Morgan fingerprint density at radius 2 is 1.00 bits per heavy atom. The second-order valence-electron chi connectivity index (χ2n) is 17.6. The van der Waals surface area contributed by atoms with Crippen molar-refractivity contribution >= 4 is 19.8 Å². The lowest BCUT2D eigenvalue weighted by molar-refractivity contribution is -0.118. The molecular weight excluding hydrogens is 567 g/mol. The maximum absolute atomic E-state index is 13.8. The van der Waals surface area contributed by atoms with Gasteiger partial charge in [0, 0.05) is 12.8 Å². The minimum Gasteiger partial charge on any atom is -0.307 e. The quantitative estimate of drug-likeness (QED) is 0.292. The maximum Gasteiger partial charge on any atom is 0.319 e. The van der Waals surface area contributed by atoms with E-state index in [4.69, 9.17) is 9.05 Å². The van der Waals surface area contributed by atoms with E-state index in [0.717, 1.165) is 51.4 Å². The van der Waals surface area contributed by atoms with Gasteiger partial charge in [-0.25, -0.2) is 0 Å². The number of ketones is 2.